The highest BCUT2D eigenvalue weighted by Crippen LogP contribution is 2.50. The van der Waals surface area contributed by atoms with Gasteiger partial charge in [0.15, 0.2) is 0 Å². The Labute approximate surface area is 334 Å². The number of rotatable bonds is 7. The van der Waals surface area contributed by atoms with Gasteiger partial charge < -0.3 is 10.6 Å². The van der Waals surface area contributed by atoms with E-state index >= 15 is 0 Å². The van der Waals surface area contributed by atoms with Gasteiger partial charge in [-0.15, -0.1) is 11.3 Å². The number of amidine groups is 1. The number of hydrogen-bond acceptors (Lipinski definition) is 5. The van der Waals surface area contributed by atoms with Gasteiger partial charge in [0.05, 0.1) is 6.04 Å². The first-order valence-corrected chi connectivity index (χ1v) is 21.5. The molecule has 0 radical (unpaired) electrons. The molecule has 1 aliphatic heterocycles. The number of thiophene rings is 1. The normalized spacial score (nSPS) is 20.2. The largest absolute Gasteiger partial charge is 0.378 e. The number of benzene rings is 6. The van der Waals surface area contributed by atoms with Gasteiger partial charge in [0.2, 0.25) is 0 Å². The molecule has 0 saturated heterocycles. The quantitative estimate of drug-likeness (QED) is 0.152. The summed E-state index contributed by atoms with van der Waals surface area (Å²) in [5, 5.41) is 14.5. The maximum Gasteiger partial charge on any atom is 0.131 e. The van der Waals surface area contributed by atoms with E-state index in [2.05, 4.69) is 158 Å². The van der Waals surface area contributed by atoms with Crippen LogP contribution in [0, 0.1) is 12.8 Å². The zero-order valence-electron chi connectivity index (χ0n) is 32.5. The van der Waals surface area contributed by atoms with Crippen molar-refractivity contribution in [3.8, 4) is 11.1 Å². The lowest BCUT2D eigenvalue weighted by atomic mass is 9.82. The van der Waals surface area contributed by atoms with Crippen LogP contribution in [-0.2, 0) is 18.3 Å². The summed E-state index contributed by atoms with van der Waals surface area (Å²) in [5.41, 5.74) is 16.2. The zero-order valence-corrected chi connectivity index (χ0v) is 33.3. The second kappa shape index (κ2) is 13.2. The monoisotopic (exact) mass is 748 g/mol. The summed E-state index contributed by atoms with van der Waals surface area (Å²) < 4.78 is 2.74. The van der Waals surface area contributed by atoms with Crippen molar-refractivity contribution >= 4 is 43.0 Å². The fraction of sp³-hybridized carbons (Fsp3) is 0.275. The third-order valence-electron chi connectivity index (χ3n) is 13.3. The molecule has 6 aromatic carbocycles. The molecule has 4 nitrogen and oxygen atoms in total. The molecule has 7 aromatic rings. The standard InChI is InChI=1S/C51H48N4S/c1-30-36-15-8-7-12-31(36)24-27-44(30)52-46(32-20-21-32)41-18-11-17-40-39-26-23-35(29-45(39)56-47(40)41)50-54-48(33-13-5-4-6-14-33)53-49(55-50)34-22-25-38-37-16-9-10-19-42(37)51(2,3)43(38)28-34/h4-6,9-11,13-14,16-19,22-29,32,46,48,50,52,54H,7-8,12,15,20-21H2,1-3H3,(H,53,55). The fourth-order valence-corrected chi connectivity index (χ4v) is 11.3. The predicted octanol–water partition coefficient (Wildman–Crippen LogP) is 12.4. The highest BCUT2D eigenvalue weighted by atomic mass is 32.1. The van der Waals surface area contributed by atoms with Gasteiger partial charge in [0.25, 0.3) is 0 Å². The molecule has 1 aromatic heterocycles. The van der Waals surface area contributed by atoms with Crippen LogP contribution < -0.4 is 16.0 Å². The number of hydrogen-bond donors (Lipinski definition) is 3. The van der Waals surface area contributed by atoms with E-state index < -0.39 is 0 Å². The molecule has 1 fully saturated rings. The highest BCUT2D eigenvalue weighted by molar-refractivity contribution is 7.26. The lowest BCUT2D eigenvalue weighted by Crippen LogP contribution is -2.45. The summed E-state index contributed by atoms with van der Waals surface area (Å²) in [6, 6.07) is 45.5. The summed E-state index contributed by atoms with van der Waals surface area (Å²) >= 11 is 1.95. The minimum atomic E-state index is -0.182. The molecule has 3 aliphatic carbocycles. The average Bonchev–Trinajstić information content (AvgIpc) is 3.98. The van der Waals surface area contributed by atoms with Gasteiger partial charge in [0.1, 0.15) is 18.2 Å². The van der Waals surface area contributed by atoms with E-state index in [1.807, 2.05) is 11.3 Å². The van der Waals surface area contributed by atoms with Crippen LogP contribution in [0.2, 0.25) is 0 Å². The molecule has 3 N–H and O–H groups in total. The molecule has 0 spiro atoms. The second-order valence-electron chi connectivity index (χ2n) is 17.1. The smallest absolute Gasteiger partial charge is 0.131 e. The molecule has 0 bridgehead atoms. The Morgan fingerprint density at radius 3 is 2.45 bits per heavy atom. The number of anilines is 1. The summed E-state index contributed by atoms with van der Waals surface area (Å²) in [6.07, 6.45) is 7.33. The molecule has 1 saturated carbocycles. The Morgan fingerprint density at radius 2 is 1.57 bits per heavy atom. The van der Waals surface area contributed by atoms with E-state index in [-0.39, 0.29) is 17.7 Å². The Morgan fingerprint density at radius 1 is 0.750 bits per heavy atom. The second-order valence-corrected chi connectivity index (χ2v) is 18.1. The maximum atomic E-state index is 5.33. The van der Waals surface area contributed by atoms with Gasteiger partial charge in [0, 0.05) is 36.8 Å². The fourth-order valence-electron chi connectivity index (χ4n) is 10.0. The first-order chi connectivity index (χ1) is 27.4. The number of nitrogens with zero attached hydrogens (tertiary/aromatic N) is 1. The van der Waals surface area contributed by atoms with E-state index in [0.29, 0.717) is 12.0 Å². The van der Waals surface area contributed by atoms with Crippen molar-refractivity contribution in [3.05, 3.63) is 171 Å². The van der Waals surface area contributed by atoms with Crippen LogP contribution in [0.5, 0.6) is 0 Å². The molecule has 11 rings (SSSR count). The average molecular weight is 749 g/mol. The van der Waals surface area contributed by atoms with Crippen molar-refractivity contribution in [2.24, 2.45) is 10.9 Å². The highest BCUT2D eigenvalue weighted by Gasteiger charge is 2.37. The first kappa shape index (κ1) is 34.1. The van der Waals surface area contributed by atoms with Gasteiger partial charge in [-0.2, -0.15) is 0 Å². The Kier molecular flexibility index (Phi) is 8.02. The van der Waals surface area contributed by atoms with Crippen LogP contribution in [0.3, 0.4) is 0 Å². The third kappa shape index (κ3) is 5.62. The van der Waals surface area contributed by atoms with Crippen LogP contribution in [0.25, 0.3) is 31.3 Å². The minimum Gasteiger partial charge on any atom is -0.378 e. The Bertz CT molecular complexity index is 2700. The van der Waals surface area contributed by atoms with Crippen LogP contribution in [0.1, 0.15) is 108 Å². The molecule has 2 heterocycles. The number of fused-ring (bicyclic) bond motifs is 7. The van der Waals surface area contributed by atoms with Crippen molar-refractivity contribution in [2.45, 2.75) is 83.1 Å². The molecule has 3 unspecified atom stereocenters. The number of aliphatic imine (C=N–C) groups is 1. The lowest BCUT2D eigenvalue weighted by molar-refractivity contribution is 0.409. The molecule has 3 atom stereocenters. The van der Waals surface area contributed by atoms with Gasteiger partial charge in [-0.05, 0) is 125 Å². The van der Waals surface area contributed by atoms with Gasteiger partial charge >= 0.3 is 0 Å². The Hall–Kier alpha value is -5.23. The molecular formula is C51H48N4S. The lowest BCUT2D eigenvalue weighted by Gasteiger charge is -2.32. The van der Waals surface area contributed by atoms with Gasteiger partial charge in [-0.1, -0.05) is 117 Å². The van der Waals surface area contributed by atoms with E-state index in [9.17, 15) is 0 Å². The summed E-state index contributed by atoms with van der Waals surface area (Å²) in [6.45, 7) is 7.03. The van der Waals surface area contributed by atoms with Crippen molar-refractivity contribution in [2.75, 3.05) is 5.32 Å². The minimum absolute atomic E-state index is 0.0773. The van der Waals surface area contributed by atoms with Crippen LogP contribution >= 0.6 is 11.3 Å². The van der Waals surface area contributed by atoms with E-state index in [1.165, 1.54) is 103 Å². The molecular weight excluding hydrogens is 701 g/mol. The molecule has 278 valence electrons. The van der Waals surface area contributed by atoms with Crippen molar-refractivity contribution in [1.29, 1.82) is 0 Å². The van der Waals surface area contributed by atoms with Crippen molar-refractivity contribution < 1.29 is 0 Å². The number of aryl methyl sites for hydroxylation is 1. The third-order valence-corrected chi connectivity index (χ3v) is 14.5. The van der Waals surface area contributed by atoms with E-state index in [1.54, 1.807) is 11.1 Å². The van der Waals surface area contributed by atoms with Crippen molar-refractivity contribution in [1.82, 2.24) is 10.6 Å². The summed E-state index contributed by atoms with van der Waals surface area (Å²) in [4.78, 5) is 5.33. The molecule has 4 aliphatic rings. The summed E-state index contributed by atoms with van der Waals surface area (Å²) in [7, 11) is 0. The van der Waals surface area contributed by atoms with Crippen LogP contribution in [-0.4, -0.2) is 5.84 Å². The first-order valence-electron chi connectivity index (χ1n) is 20.6. The zero-order chi connectivity index (χ0) is 37.5. The summed E-state index contributed by atoms with van der Waals surface area (Å²) in [5.74, 6) is 1.59. The molecule has 0 amide bonds. The van der Waals surface area contributed by atoms with E-state index in [4.69, 9.17) is 4.99 Å². The molecule has 56 heavy (non-hydrogen) atoms. The van der Waals surface area contributed by atoms with Gasteiger partial charge in [-0.3, -0.25) is 5.32 Å². The van der Waals surface area contributed by atoms with Crippen LogP contribution in [0.4, 0.5) is 5.69 Å². The maximum absolute atomic E-state index is 5.33. The number of nitrogens with one attached hydrogen (secondary N) is 3. The molecule has 5 heteroatoms. The topological polar surface area (TPSA) is 48.5 Å². The van der Waals surface area contributed by atoms with Gasteiger partial charge in [-0.25, -0.2) is 4.99 Å². The van der Waals surface area contributed by atoms with E-state index in [0.717, 1.165) is 17.0 Å². The SMILES string of the molecule is Cc1c(NC(c2cccc3c2sc2cc(C4NC(c5ccc6c(c5)C(C)(C)c5ccccc5-6)=NC(c5ccccc5)N4)ccc23)C2CC2)ccc2c1CCCC2. The predicted molar refractivity (Wildman–Crippen MR) is 235 cm³/mol. The van der Waals surface area contributed by atoms with Crippen molar-refractivity contribution in [3.63, 3.8) is 0 Å². The van der Waals surface area contributed by atoms with Crippen LogP contribution in [0.15, 0.2) is 126 Å². The Balaban J connectivity index is 0.952.